The summed E-state index contributed by atoms with van der Waals surface area (Å²) in [4.78, 5) is 0. The summed E-state index contributed by atoms with van der Waals surface area (Å²) < 4.78 is 16.9. The Balaban J connectivity index is 2.34. The van der Waals surface area contributed by atoms with Crippen LogP contribution < -0.4 is 0 Å². The van der Waals surface area contributed by atoms with Gasteiger partial charge < -0.3 is 9.94 Å². The van der Waals surface area contributed by atoms with Crippen LogP contribution in [0.15, 0.2) is 0 Å². The van der Waals surface area contributed by atoms with Gasteiger partial charge in [-0.2, -0.15) is 5.06 Å². The fraction of sp³-hybridized carbons (Fsp3) is 1.00. The number of hydroxylamine groups is 2. The van der Waals surface area contributed by atoms with E-state index in [9.17, 15) is 4.39 Å². The normalized spacial score (nSPS) is 39.0. The number of nitrogens with zero attached hydrogens (tertiary/aromatic N) is 1. The Morgan fingerprint density at radius 1 is 1.67 bits per heavy atom. The highest BCUT2D eigenvalue weighted by Gasteiger charge is 2.22. The lowest BCUT2D eigenvalue weighted by atomic mass is 10.3. The van der Waals surface area contributed by atoms with Gasteiger partial charge in [-0.1, -0.05) is 0 Å². The first kappa shape index (κ1) is 6.92. The lowest BCUT2D eigenvalue weighted by molar-refractivity contribution is -0.223. The molecule has 1 N–H and O–H groups in total. The molecule has 1 heterocycles. The minimum absolute atomic E-state index is 0.0374. The standard InChI is InChI=1S/C5H10FNO2/c1-4-2-7(8)3-5(6)9-4/h4-5,8H,2-3H2,1H3. The number of hydrogen-bond donors (Lipinski definition) is 1. The summed E-state index contributed by atoms with van der Waals surface area (Å²) >= 11 is 0. The molecule has 0 spiro atoms. The molecule has 2 atom stereocenters. The highest BCUT2D eigenvalue weighted by Crippen LogP contribution is 2.08. The lowest BCUT2D eigenvalue weighted by Crippen LogP contribution is -2.42. The zero-order valence-corrected chi connectivity index (χ0v) is 5.25. The second kappa shape index (κ2) is 2.60. The van der Waals surface area contributed by atoms with Crippen LogP contribution >= 0.6 is 0 Å². The van der Waals surface area contributed by atoms with E-state index in [1.807, 2.05) is 0 Å². The molecule has 4 heteroatoms. The predicted octanol–water partition coefficient (Wildman–Crippen LogP) is 0.392. The van der Waals surface area contributed by atoms with Crippen LogP contribution in [0.1, 0.15) is 6.92 Å². The molecule has 1 rings (SSSR count). The van der Waals surface area contributed by atoms with Crippen molar-refractivity contribution >= 4 is 0 Å². The minimum Gasteiger partial charge on any atom is -0.343 e. The van der Waals surface area contributed by atoms with E-state index in [0.717, 1.165) is 5.06 Å². The first-order valence-electron chi connectivity index (χ1n) is 2.92. The fourth-order valence-corrected chi connectivity index (χ4v) is 0.875. The third kappa shape index (κ3) is 1.89. The summed E-state index contributed by atoms with van der Waals surface area (Å²) in [6.07, 6.45) is -1.54. The summed E-state index contributed by atoms with van der Waals surface area (Å²) in [7, 11) is 0. The molecule has 1 aliphatic heterocycles. The van der Waals surface area contributed by atoms with E-state index in [1.165, 1.54) is 0 Å². The van der Waals surface area contributed by atoms with E-state index in [1.54, 1.807) is 6.92 Å². The number of rotatable bonds is 0. The maximum absolute atomic E-state index is 12.3. The van der Waals surface area contributed by atoms with Crippen LogP contribution in [0.25, 0.3) is 0 Å². The Morgan fingerprint density at radius 2 is 2.33 bits per heavy atom. The molecular formula is C5H10FNO2. The third-order valence-electron chi connectivity index (χ3n) is 1.20. The predicted molar refractivity (Wildman–Crippen MR) is 28.8 cm³/mol. The van der Waals surface area contributed by atoms with Gasteiger partial charge in [-0.25, -0.2) is 4.39 Å². The number of alkyl halides is 1. The molecular weight excluding hydrogens is 125 g/mol. The zero-order valence-electron chi connectivity index (χ0n) is 5.25. The van der Waals surface area contributed by atoms with Crippen molar-refractivity contribution in [3.63, 3.8) is 0 Å². The van der Waals surface area contributed by atoms with Crippen molar-refractivity contribution in [2.24, 2.45) is 0 Å². The second-order valence-corrected chi connectivity index (χ2v) is 2.23. The largest absolute Gasteiger partial charge is 0.343 e. The Bertz CT molecular complexity index is 75.9. The zero-order chi connectivity index (χ0) is 6.85. The molecule has 0 amide bonds. The molecule has 1 saturated heterocycles. The molecule has 0 aromatic carbocycles. The summed E-state index contributed by atoms with van der Waals surface area (Å²) in [6.45, 7) is 2.07. The van der Waals surface area contributed by atoms with E-state index in [0.29, 0.717) is 6.54 Å². The van der Waals surface area contributed by atoms with E-state index in [4.69, 9.17) is 5.21 Å². The fourth-order valence-electron chi connectivity index (χ4n) is 0.875. The van der Waals surface area contributed by atoms with Gasteiger partial charge in [0.15, 0.2) is 0 Å². The van der Waals surface area contributed by atoms with Crippen molar-refractivity contribution in [2.75, 3.05) is 13.1 Å². The van der Waals surface area contributed by atoms with Crippen LogP contribution in [0, 0.1) is 0 Å². The van der Waals surface area contributed by atoms with Crippen LogP contribution in [0.5, 0.6) is 0 Å². The van der Waals surface area contributed by atoms with E-state index >= 15 is 0 Å². The van der Waals surface area contributed by atoms with Crippen molar-refractivity contribution in [3.05, 3.63) is 0 Å². The quantitative estimate of drug-likeness (QED) is 0.521. The van der Waals surface area contributed by atoms with E-state index in [-0.39, 0.29) is 12.6 Å². The number of morpholine rings is 1. The molecule has 54 valence electrons. The first-order chi connectivity index (χ1) is 4.18. The highest BCUT2D eigenvalue weighted by atomic mass is 19.1. The van der Waals surface area contributed by atoms with E-state index < -0.39 is 6.36 Å². The summed E-state index contributed by atoms with van der Waals surface area (Å²) in [5.41, 5.74) is 0. The summed E-state index contributed by atoms with van der Waals surface area (Å²) in [5, 5.41) is 9.69. The third-order valence-corrected chi connectivity index (χ3v) is 1.20. The van der Waals surface area contributed by atoms with Crippen molar-refractivity contribution in [1.82, 2.24) is 5.06 Å². The smallest absolute Gasteiger partial charge is 0.214 e. The molecule has 0 aromatic heterocycles. The minimum atomic E-state index is -1.33. The maximum Gasteiger partial charge on any atom is 0.214 e. The van der Waals surface area contributed by atoms with Crippen LogP contribution in [0.4, 0.5) is 4.39 Å². The highest BCUT2D eigenvalue weighted by molar-refractivity contribution is 4.62. The SMILES string of the molecule is CC1CN(O)CC(F)O1. The van der Waals surface area contributed by atoms with Gasteiger partial charge in [0.05, 0.1) is 19.2 Å². The molecule has 9 heavy (non-hydrogen) atoms. The molecule has 3 nitrogen and oxygen atoms in total. The number of hydrogen-bond acceptors (Lipinski definition) is 3. The van der Waals surface area contributed by atoms with Gasteiger partial charge in [-0.15, -0.1) is 0 Å². The van der Waals surface area contributed by atoms with Gasteiger partial charge in [0.1, 0.15) is 0 Å². The van der Waals surface area contributed by atoms with Crippen molar-refractivity contribution in [1.29, 1.82) is 0 Å². The van der Waals surface area contributed by atoms with Crippen LogP contribution in [-0.2, 0) is 4.74 Å². The molecule has 0 bridgehead atoms. The number of ether oxygens (including phenoxy) is 1. The molecule has 0 saturated carbocycles. The Kier molecular flexibility index (Phi) is 2.00. The van der Waals surface area contributed by atoms with Gasteiger partial charge in [0, 0.05) is 0 Å². The average Bonchev–Trinajstić information content (AvgIpc) is 1.59. The van der Waals surface area contributed by atoms with Gasteiger partial charge in [-0.05, 0) is 6.92 Å². The van der Waals surface area contributed by atoms with Gasteiger partial charge in [0.2, 0.25) is 6.36 Å². The summed E-state index contributed by atoms with van der Waals surface area (Å²) in [5.74, 6) is 0. The molecule has 1 fully saturated rings. The lowest BCUT2D eigenvalue weighted by Gasteiger charge is -2.28. The topological polar surface area (TPSA) is 32.7 Å². The molecule has 0 aliphatic carbocycles. The van der Waals surface area contributed by atoms with E-state index in [2.05, 4.69) is 4.74 Å². The van der Waals surface area contributed by atoms with Gasteiger partial charge >= 0.3 is 0 Å². The molecule has 1 aliphatic rings. The van der Waals surface area contributed by atoms with Crippen molar-refractivity contribution in [3.8, 4) is 0 Å². The van der Waals surface area contributed by atoms with Crippen LogP contribution in [0.3, 0.4) is 0 Å². The molecule has 2 unspecified atom stereocenters. The van der Waals surface area contributed by atoms with Gasteiger partial charge in [0.25, 0.3) is 0 Å². The number of halogens is 1. The molecule has 0 radical (unpaired) electrons. The van der Waals surface area contributed by atoms with Crippen LogP contribution in [-0.4, -0.2) is 35.8 Å². The Hall–Kier alpha value is -0.190. The summed E-state index contributed by atoms with van der Waals surface area (Å²) in [6, 6.07) is 0. The first-order valence-corrected chi connectivity index (χ1v) is 2.92. The van der Waals surface area contributed by atoms with Crippen molar-refractivity contribution < 1.29 is 14.3 Å². The Morgan fingerprint density at radius 3 is 2.78 bits per heavy atom. The average molecular weight is 135 g/mol. The monoisotopic (exact) mass is 135 g/mol. The van der Waals surface area contributed by atoms with Crippen LogP contribution in [0.2, 0.25) is 0 Å². The van der Waals surface area contributed by atoms with Crippen molar-refractivity contribution in [2.45, 2.75) is 19.4 Å². The Labute approximate surface area is 53.0 Å². The maximum atomic E-state index is 12.3. The van der Waals surface area contributed by atoms with Gasteiger partial charge in [-0.3, -0.25) is 0 Å². The second-order valence-electron chi connectivity index (χ2n) is 2.23. The molecule has 0 aromatic rings.